The van der Waals surface area contributed by atoms with Crippen LogP contribution in [0.2, 0.25) is 0 Å². The van der Waals surface area contributed by atoms with Gasteiger partial charge < -0.3 is 9.72 Å². The van der Waals surface area contributed by atoms with Crippen molar-refractivity contribution in [2.24, 2.45) is 0 Å². The van der Waals surface area contributed by atoms with Gasteiger partial charge in [0, 0.05) is 12.4 Å². The zero-order valence-corrected chi connectivity index (χ0v) is 7.95. The molecule has 0 atom stereocenters. The van der Waals surface area contributed by atoms with Crippen LogP contribution >= 0.6 is 0 Å². The Kier molecular flexibility index (Phi) is 2.55. The minimum atomic E-state index is -4.44. The van der Waals surface area contributed by atoms with Crippen molar-refractivity contribution in [3.05, 3.63) is 42.2 Å². The van der Waals surface area contributed by atoms with E-state index in [4.69, 9.17) is 4.74 Å². The largest absolute Gasteiger partial charge is 0.425 e. The van der Waals surface area contributed by atoms with Crippen molar-refractivity contribution in [3.63, 3.8) is 0 Å². The zero-order valence-electron chi connectivity index (χ0n) is 7.95. The van der Waals surface area contributed by atoms with Crippen LogP contribution in [0.1, 0.15) is 5.56 Å². The number of nitrogens with one attached hydrogen (secondary N) is 1. The van der Waals surface area contributed by atoms with Gasteiger partial charge in [0.15, 0.2) is 0 Å². The van der Waals surface area contributed by atoms with Crippen molar-refractivity contribution in [1.29, 1.82) is 0 Å². The molecule has 0 fully saturated rings. The van der Waals surface area contributed by atoms with Gasteiger partial charge in [-0.05, 0) is 12.1 Å². The number of aromatic amines is 1. The summed E-state index contributed by atoms with van der Waals surface area (Å²) in [7, 11) is 0. The van der Waals surface area contributed by atoms with Crippen LogP contribution in [-0.2, 0) is 6.18 Å². The van der Waals surface area contributed by atoms with Gasteiger partial charge in [-0.1, -0.05) is 12.1 Å². The molecule has 1 N–H and O–H groups in total. The number of rotatable bonds is 2. The summed E-state index contributed by atoms with van der Waals surface area (Å²) in [6.07, 6.45) is -1.58. The fourth-order valence-corrected chi connectivity index (χ4v) is 1.20. The van der Waals surface area contributed by atoms with Crippen LogP contribution in [0.4, 0.5) is 13.2 Å². The Morgan fingerprint density at radius 1 is 1.19 bits per heavy atom. The van der Waals surface area contributed by atoms with Crippen molar-refractivity contribution in [2.45, 2.75) is 6.18 Å². The number of imidazole rings is 1. The first-order chi connectivity index (χ1) is 7.57. The van der Waals surface area contributed by atoms with Gasteiger partial charge in [-0.2, -0.15) is 13.2 Å². The molecule has 1 aromatic carbocycles. The molecule has 0 aliphatic heterocycles. The molecular formula is C10H7F3N2O. The summed E-state index contributed by atoms with van der Waals surface area (Å²) < 4.78 is 42.7. The number of ether oxygens (including phenoxy) is 1. The van der Waals surface area contributed by atoms with Crippen LogP contribution in [-0.4, -0.2) is 9.97 Å². The molecule has 0 unspecified atom stereocenters. The fourth-order valence-electron chi connectivity index (χ4n) is 1.20. The van der Waals surface area contributed by atoms with Crippen LogP contribution in [0.5, 0.6) is 11.8 Å². The molecule has 0 saturated carbocycles. The highest BCUT2D eigenvalue weighted by molar-refractivity contribution is 5.37. The van der Waals surface area contributed by atoms with E-state index < -0.39 is 11.7 Å². The molecular weight excluding hydrogens is 221 g/mol. The standard InChI is InChI=1S/C10H7F3N2O/c11-10(12,13)7-3-1-2-4-8(7)16-9-14-5-6-15-9/h1-6H,(H,14,15). The minimum absolute atomic E-state index is 0.0247. The van der Waals surface area contributed by atoms with Crippen LogP contribution in [0.25, 0.3) is 0 Å². The summed E-state index contributed by atoms with van der Waals surface area (Å²) in [5, 5.41) is 0. The Morgan fingerprint density at radius 2 is 1.94 bits per heavy atom. The van der Waals surface area contributed by atoms with Gasteiger partial charge in [0.25, 0.3) is 6.01 Å². The first kappa shape index (κ1) is 10.5. The summed E-state index contributed by atoms with van der Waals surface area (Å²) >= 11 is 0. The molecule has 2 aromatic rings. The van der Waals surface area contributed by atoms with Crippen molar-refractivity contribution in [1.82, 2.24) is 9.97 Å². The summed E-state index contributed by atoms with van der Waals surface area (Å²) in [5.74, 6) is -0.273. The van der Waals surface area contributed by atoms with Crippen LogP contribution in [0, 0.1) is 0 Å². The molecule has 0 amide bonds. The second-order valence-electron chi connectivity index (χ2n) is 2.99. The molecule has 1 aromatic heterocycles. The summed E-state index contributed by atoms with van der Waals surface area (Å²) in [6.45, 7) is 0. The summed E-state index contributed by atoms with van der Waals surface area (Å²) in [5.41, 5.74) is -0.827. The Bertz CT molecular complexity index is 465. The van der Waals surface area contributed by atoms with Crippen LogP contribution in [0.3, 0.4) is 0 Å². The maximum Gasteiger partial charge on any atom is 0.419 e. The molecule has 0 radical (unpaired) electrons. The van der Waals surface area contributed by atoms with Crippen molar-refractivity contribution < 1.29 is 17.9 Å². The van der Waals surface area contributed by atoms with Gasteiger partial charge in [-0.3, -0.25) is 0 Å². The monoisotopic (exact) mass is 228 g/mol. The topological polar surface area (TPSA) is 37.9 Å². The maximum atomic E-state index is 12.6. The average Bonchev–Trinajstić information content (AvgIpc) is 2.70. The van der Waals surface area contributed by atoms with Gasteiger partial charge >= 0.3 is 6.18 Å². The van der Waals surface area contributed by atoms with E-state index in [0.29, 0.717) is 0 Å². The van der Waals surface area contributed by atoms with E-state index >= 15 is 0 Å². The SMILES string of the molecule is FC(F)(F)c1ccccc1Oc1ncc[nH]1. The van der Waals surface area contributed by atoms with Gasteiger partial charge in [0.1, 0.15) is 5.75 Å². The highest BCUT2D eigenvalue weighted by Crippen LogP contribution is 2.37. The van der Waals surface area contributed by atoms with Crippen molar-refractivity contribution in [3.8, 4) is 11.8 Å². The van der Waals surface area contributed by atoms with E-state index in [1.807, 2.05) is 0 Å². The minimum Gasteiger partial charge on any atom is -0.425 e. The van der Waals surface area contributed by atoms with E-state index in [-0.39, 0.29) is 11.8 Å². The number of H-pyrrole nitrogens is 1. The molecule has 84 valence electrons. The third kappa shape index (κ3) is 2.16. The van der Waals surface area contributed by atoms with Gasteiger partial charge in [0.05, 0.1) is 5.56 Å². The predicted molar refractivity (Wildman–Crippen MR) is 50.1 cm³/mol. The molecule has 6 heteroatoms. The smallest absolute Gasteiger partial charge is 0.419 e. The molecule has 3 nitrogen and oxygen atoms in total. The van der Waals surface area contributed by atoms with E-state index in [2.05, 4.69) is 9.97 Å². The van der Waals surface area contributed by atoms with Crippen molar-refractivity contribution in [2.75, 3.05) is 0 Å². The maximum absolute atomic E-state index is 12.6. The highest BCUT2D eigenvalue weighted by Gasteiger charge is 2.34. The quantitative estimate of drug-likeness (QED) is 0.856. The number of benzene rings is 1. The summed E-state index contributed by atoms with van der Waals surface area (Å²) in [4.78, 5) is 6.25. The Labute approximate surface area is 88.9 Å². The van der Waals surface area contributed by atoms with Gasteiger partial charge in [0.2, 0.25) is 0 Å². The van der Waals surface area contributed by atoms with E-state index in [0.717, 1.165) is 6.07 Å². The third-order valence-corrected chi connectivity index (χ3v) is 1.87. The molecule has 2 rings (SSSR count). The molecule has 0 aliphatic carbocycles. The number of halogens is 3. The first-order valence-corrected chi connectivity index (χ1v) is 4.41. The Hall–Kier alpha value is -1.98. The highest BCUT2D eigenvalue weighted by atomic mass is 19.4. The molecule has 0 saturated heterocycles. The zero-order chi connectivity index (χ0) is 11.6. The van der Waals surface area contributed by atoms with E-state index in [1.54, 1.807) is 0 Å². The number of aromatic nitrogens is 2. The Morgan fingerprint density at radius 3 is 2.56 bits per heavy atom. The average molecular weight is 228 g/mol. The van der Waals surface area contributed by atoms with E-state index in [1.165, 1.54) is 30.6 Å². The number of para-hydroxylation sites is 1. The molecule has 16 heavy (non-hydrogen) atoms. The summed E-state index contributed by atoms with van der Waals surface area (Å²) in [6, 6.07) is 4.99. The lowest BCUT2D eigenvalue weighted by Crippen LogP contribution is -2.06. The third-order valence-electron chi connectivity index (χ3n) is 1.87. The second-order valence-corrected chi connectivity index (χ2v) is 2.99. The van der Waals surface area contributed by atoms with Crippen molar-refractivity contribution >= 4 is 0 Å². The lowest BCUT2D eigenvalue weighted by atomic mass is 10.2. The lowest BCUT2D eigenvalue weighted by molar-refractivity contribution is -0.138. The number of hydrogen-bond donors (Lipinski definition) is 1. The molecule has 0 bridgehead atoms. The lowest BCUT2D eigenvalue weighted by Gasteiger charge is -2.11. The van der Waals surface area contributed by atoms with Crippen LogP contribution < -0.4 is 4.74 Å². The number of nitrogens with zero attached hydrogens (tertiary/aromatic N) is 1. The number of alkyl halides is 3. The first-order valence-electron chi connectivity index (χ1n) is 4.41. The molecule has 1 heterocycles. The van der Waals surface area contributed by atoms with E-state index in [9.17, 15) is 13.2 Å². The Balaban J connectivity index is 2.34. The number of hydrogen-bond acceptors (Lipinski definition) is 2. The van der Waals surface area contributed by atoms with Gasteiger partial charge in [-0.15, -0.1) is 0 Å². The van der Waals surface area contributed by atoms with Gasteiger partial charge in [-0.25, -0.2) is 4.98 Å². The second kappa shape index (κ2) is 3.88. The molecule has 0 spiro atoms. The predicted octanol–water partition coefficient (Wildman–Crippen LogP) is 3.22. The normalized spacial score (nSPS) is 11.4. The van der Waals surface area contributed by atoms with Crippen LogP contribution in [0.15, 0.2) is 36.7 Å². The molecule has 0 aliphatic rings. The fraction of sp³-hybridized carbons (Fsp3) is 0.100.